The number of benzene rings is 3. The lowest BCUT2D eigenvalue weighted by atomic mass is 10.0. The molecule has 0 aliphatic heterocycles. The van der Waals surface area contributed by atoms with Crippen LogP contribution in [0.25, 0.3) is 12.2 Å². The van der Waals surface area contributed by atoms with Crippen LogP contribution in [0.3, 0.4) is 0 Å². The van der Waals surface area contributed by atoms with Crippen LogP contribution < -0.4 is 23.7 Å². The van der Waals surface area contributed by atoms with Gasteiger partial charge in [0.25, 0.3) is 0 Å². The Morgan fingerprint density at radius 1 is 0.778 bits per heavy atom. The van der Waals surface area contributed by atoms with Gasteiger partial charge >= 0.3 is 0 Å². The monoisotopic (exact) mass is 492 g/mol. The summed E-state index contributed by atoms with van der Waals surface area (Å²) < 4.78 is 41.2. The number of methoxy groups -OCH3 is 5. The lowest BCUT2D eigenvalue weighted by molar-refractivity contribution is 0.104. The van der Waals surface area contributed by atoms with E-state index in [4.69, 9.17) is 23.7 Å². The van der Waals surface area contributed by atoms with Gasteiger partial charge in [-0.3, -0.25) is 4.79 Å². The number of carbonyl (C=O) groups is 1. The van der Waals surface area contributed by atoms with Crippen LogP contribution in [0, 0.1) is 5.82 Å². The average Bonchev–Trinajstić information content (AvgIpc) is 2.91. The van der Waals surface area contributed by atoms with Gasteiger partial charge in [-0.05, 0) is 65.6 Å². The normalized spacial score (nSPS) is 11.1. The highest BCUT2D eigenvalue weighted by Gasteiger charge is 2.13. The lowest BCUT2D eigenvalue weighted by Gasteiger charge is -2.13. The number of para-hydroxylation sites is 1. The number of carbonyl (C=O) groups excluding carboxylic acids is 1. The van der Waals surface area contributed by atoms with Gasteiger partial charge in [-0.1, -0.05) is 30.4 Å². The molecule has 3 aromatic rings. The molecule has 6 nitrogen and oxygen atoms in total. The summed E-state index contributed by atoms with van der Waals surface area (Å²) in [5.41, 5.74) is 2.65. The molecule has 3 aromatic carbocycles. The van der Waals surface area contributed by atoms with Crippen molar-refractivity contribution in [3.8, 4) is 28.7 Å². The molecular weight excluding hydrogens is 463 g/mol. The maximum atomic E-state index is 14.5. The van der Waals surface area contributed by atoms with Crippen LogP contribution in [-0.4, -0.2) is 41.3 Å². The maximum Gasteiger partial charge on any atom is 0.203 e. The van der Waals surface area contributed by atoms with E-state index in [1.807, 2.05) is 6.08 Å². The van der Waals surface area contributed by atoms with Crippen LogP contribution in [0.5, 0.6) is 28.7 Å². The third kappa shape index (κ3) is 6.05. The zero-order chi connectivity index (χ0) is 26.1. The van der Waals surface area contributed by atoms with E-state index in [-0.39, 0.29) is 11.5 Å². The third-order valence-electron chi connectivity index (χ3n) is 5.54. The molecule has 0 atom stereocenters. The molecule has 0 amide bonds. The zero-order valence-electron chi connectivity index (χ0n) is 21.0. The minimum atomic E-state index is -0.486. The highest BCUT2D eigenvalue weighted by atomic mass is 19.1. The van der Waals surface area contributed by atoms with Gasteiger partial charge < -0.3 is 23.7 Å². The number of allylic oxidation sites excluding steroid dienone is 2. The highest BCUT2D eigenvalue weighted by molar-refractivity contribution is 6.06. The molecule has 0 fully saturated rings. The molecular formula is C29H29FO6. The highest BCUT2D eigenvalue weighted by Crippen LogP contribution is 2.38. The quantitative estimate of drug-likeness (QED) is 0.185. The summed E-state index contributed by atoms with van der Waals surface area (Å²) in [7, 11) is 7.55. The second-order valence-corrected chi connectivity index (χ2v) is 7.65. The number of ether oxygens (including phenoxy) is 5. The summed E-state index contributed by atoms with van der Waals surface area (Å²) in [5.74, 6) is 1.46. The van der Waals surface area contributed by atoms with Crippen molar-refractivity contribution in [1.82, 2.24) is 0 Å². The van der Waals surface area contributed by atoms with Crippen molar-refractivity contribution in [3.05, 3.63) is 88.8 Å². The van der Waals surface area contributed by atoms with E-state index < -0.39 is 5.82 Å². The molecule has 0 aliphatic carbocycles. The van der Waals surface area contributed by atoms with E-state index >= 15 is 0 Å². The molecule has 0 bridgehead atoms. The number of hydrogen-bond donors (Lipinski definition) is 0. The molecule has 0 saturated carbocycles. The van der Waals surface area contributed by atoms with Crippen LogP contribution in [0.1, 0.15) is 27.0 Å². The Morgan fingerprint density at radius 2 is 1.42 bits per heavy atom. The molecule has 188 valence electrons. The first-order valence-electron chi connectivity index (χ1n) is 11.1. The van der Waals surface area contributed by atoms with Crippen LogP contribution in [-0.2, 0) is 6.42 Å². The van der Waals surface area contributed by atoms with Crippen molar-refractivity contribution < 1.29 is 32.9 Å². The lowest BCUT2D eigenvalue weighted by Crippen LogP contribution is -1.99. The van der Waals surface area contributed by atoms with Crippen LogP contribution >= 0.6 is 0 Å². The summed E-state index contributed by atoms with van der Waals surface area (Å²) >= 11 is 0. The SMILES string of the molecule is COc1cc(C/C=C\C(=O)c2ccccc2OC)c(/C=C\c2cc(OC)c(OC)c(OC)c2)cc1F. The predicted molar refractivity (Wildman–Crippen MR) is 138 cm³/mol. The number of halogens is 1. The summed E-state index contributed by atoms with van der Waals surface area (Å²) in [4.78, 5) is 12.7. The Morgan fingerprint density at radius 3 is 2.03 bits per heavy atom. The van der Waals surface area contributed by atoms with E-state index in [1.54, 1.807) is 68.8 Å². The van der Waals surface area contributed by atoms with E-state index in [0.29, 0.717) is 40.5 Å². The van der Waals surface area contributed by atoms with Gasteiger partial charge in [-0.15, -0.1) is 0 Å². The van der Waals surface area contributed by atoms with Gasteiger partial charge in [-0.25, -0.2) is 4.39 Å². The van der Waals surface area contributed by atoms with E-state index in [1.165, 1.54) is 33.5 Å². The number of ketones is 1. The summed E-state index contributed by atoms with van der Waals surface area (Å²) in [6.07, 6.45) is 7.21. The van der Waals surface area contributed by atoms with E-state index in [2.05, 4.69) is 0 Å². The number of hydrogen-bond acceptors (Lipinski definition) is 6. The number of rotatable bonds is 11. The van der Waals surface area contributed by atoms with Crippen LogP contribution in [0.2, 0.25) is 0 Å². The summed E-state index contributed by atoms with van der Waals surface area (Å²) in [5, 5.41) is 0. The fourth-order valence-corrected chi connectivity index (χ4v) is 3.71. The van der Waals surface area contributed by atoms with Crippen molar-refractivity contribution in [2.24, 2.45) is 0 Å². The van der Waals surface area contributed by atoms with Crippen molar-refractivity contribution in [2.45, 2.75) is 6.42 Å². The van der Waals surface area contributed by atoms with Crippen molar-refractivity contribution in [2.75, 3.05) is 35.5 Å². The average molecular weight is 493 g/mol. The molecule has 0 aliphatic rings. The van der Waals surface area contributed by atoms with Gasteiger partial charge in [0.1, 0.15) is 5.75 Å². The molecule has 0 spiro atoms. The third-order valence-corrected chi connectivity index (χ3v) is 5.54. The minimum absolute atomic E-state index is 0.124. The predicted octanol–water partition coefficient (Wildman–Crippen LogP) is 6.02. The molecule has 7 heteroatoms. The molecule has 0 N–H and O–H groups in total. The van der Waals surface area contributed by atoms with Crippen molar-refractivity contribution in [1.29, 1.82) is 0 Å². The Labute approximate surface area is 210 Å². The van der Waals surface area contributed by atoms with Crippen LogP contribution in [0.4, 0.5) is 4.39 Å². The summed E-state index contributed by atoms with van der Waals surface area (Å²) in [6.45, 7) is 0. The smallest absolute Gasteiger partial charge is 0.203 e. The summed E-state index contributed by atoms with van der Waals surface area (Å²) in [6, 6.07) is 13.6. The molecule has 0 unspecified atom stereocenters. The van der Waals surface area contributed by atoms with Gasteiger partial charge in [-0.2, -0.15) is 0 Å². The second kappa shape index (κ2) is 12.4. The van der Waals surface area contributed by atoms with Gasteiger partial charge in [0, 0.05) is 0 Å². The molecule has 0 saturated heterocycles. The fraction of sp³-hybridized carbons (Fsp3) is 0.207. The van der Waals surface area contributed by atoms with Gasteiger partial charge in [0.2, 0.25) is 5.75 Å². The Balaban J connectivity index is 1.91. The Hall–Kier alpha value is -4.26. The topological polar surface area (TPSA) is 63.2 Å². The largest absolute Gasteiger partial charge is 0.496 e. The second-order valence-electron chi connectivity index (χ2n) is 7.65. The molecule has 36 heavy (non-hydrogen) atoms. The minimum Gasteiger partial charge on any atom is -0.496 e. The van der Waals surface area contributed by atoms with Gasteiger partial charge in [0.15, 0.2) is 28.8 Å². The Bertz CT molecular complexity index is 1250. The molecule has 3 rings (SSSR count). The van der Waals surface area contributed by atoms with Crippen molar-refractivity contribution in [3.63, 3.8) is 0 Å². The van der Waals surface area contributed by atoms with Gasteiger partial charge in [0.05, 0.1) is 41.1 Å². The van der Waals surface area contributed by atoms with Crippen molar-refractivity contribution >= 4 is 17.9 Å². The zero-order valence-corrected chi connectivity index (χ0v) is 21.0. The van der Waals surface area contributed by atoms with E-state index in [0.717, 1.165) is 11.1 Å². The standard InChI is InChI=1S/C29H29FO6/c1-32-25-12-7-6-10-22(25)24(31)11-8-9-20-18-26(33-2)23(30)17-21(20)14-13-19-15-27(34-3)29(36-5)28(16-19)35-4/h6-8,10-18H,9H2,1-5H3/b11-8-,14-13-. The Kier molecular flexibility index (Phi) is 9.11. The molecule has 0 heterocycles. The van der Waals surface area contributed by atoms with E-state index in [9.17, 15) is 9.18 Å². The first kappa shape index (κ1) is 26.3. The molecule has 0 radical (unpaired) electrons. The first-order chi connectivity index (χ1) is 17.4. The fourth-order valence-electron chi connectivity index (χ4n) is 3.71. The van der Waals surface area contributed by atoms with Crippen LogP contribution in [0.15, 0.2) is 60.7 Å². The maximum absolute atomic E-state index is 14.5. The first-order valence-corrected chi connectivity index (χ1v) is 11.1. The molecule has 0 aromatic heterocycles.